The zero-order chi connectivity index (χ0) is 17.3. The maximum Gasteiger partial charge on any atom is 0.0670 e. The summed E-state index contributed by atoms with van der Waals surface area (Å²) in [5, 5.41) is 5.47. The third kappa shape index (κ3) is 1.95. The van der Waals surface area contributed by atoms with E-state index in [-0.39, 0.29) is 5.41 Å². The molecular weight excluding hydrogens is 322 g/mol. The predicted molar refractivity (Wildman–Crippen MR) is 112 cm³/mol. The Kier molecular flexibility index (Phi) is 2.91. The van der Waals surface area contributed by atoms with E-state index in [0.29, 0.717) is 0 Å². The van der Waals surface area contributed by atoms with E-state index in [9.17, 15) is 0 Å². The van der Waals surface area contributed by atoms with Crippen LogP contribution in [0, 0.1) is 0 Å². The lowest BCUT2D eigenvalue weighted by Gasteiger charge is -2.21. The fraction of sp³-hybridized carbons (Fsp3) is 0.217. The molecule has 0 saturated carbocycles. The molecule has 124 valence electrons. The molecule has 0 bridgehead atoms. The first-order valence-electron chi connectivity index (χ1n) is 8.78. The third-order valence-electron chi connectivity index (χ3n) is 5.33. The number of hydrogen-bond donors (Lipinski definition) is 0. The Hall–Kier alpha value is -2.32. The normalized spacial score (nSPS) is 12.8. The zero-order valence-corrected chi connectivity index (χ0v) is 15.9. The van der Waals surface area contributed by atoms with Crippen LogP contribution in [-0.4, -0.2) is 4.57 Å². The van der Waals surface area contributed by atoms with E-state index in [1.165, 1.54) is 47.5 Å². The monoisotopic (exact) mass is 343 g/mol. The van der Waals surface area contributed by atoms with Gasteiger partial charge in [0.15, 0.2) is 0 Å². The number of fused-ring (bicyclic) bond motifs is 7. The second-order valence-corrected chi connectivity index (χ2v) is 9.00. The van der Waals surface area contributed by atoms with Gasteiger partial charge in [0, 0.05) is 33.3 Å². The highest BCUT2D eigenvalue weighted by Gasteiger charge is 2.22. The van der Waals surface area contributed by atoms with Gasteiger partial charge in [-0.25, -0.2) is 0 Å². The van der Waals surface area contributed by atoms with Crippen molar-refractivity contribution in [3.05, 3.63) is 60.2 Å². The fourth-order valence-electron chi connectivity index (χ4n) is 4.16. The zero-order valence-electron chi connectivity index (χ0n) is 15.1. The van der Waals surface area contributed by atoms with Crippen molar-refractivity contribution in [1.82, 2.24) is 4.57 Å². The summed E-state index contributed by atoms with van der Waals surface area (Å²) in [5.74, 6) is 0. The van der Waals surface area contributed by atoms with Crippen LogP contribution in [0.4, 0.5) is 0 Å². The predicted octanol–water partition coefficient (Wildman–Crippen LogP) is 7.00. The van der Waals surface area contributed by atoms with Gasteiger partial charge >= 0.3 is 0 Å². The molecule has 2 aromatic heterocycles. The Balaban J connectivity index is 2.05. The summed E-state index contributed by atoms with van der Waals surface area (Å²) in [6, 6.07) is 20.1. The largest absolute Gasteiger partial charge is 0.342 e. The van der Waals surface area contributed by atoms with Crippen molar-refractivity contribution >= 4 is 53.3 Å². The maximum atomic E-state index is 2.42. The van der Waals surface area contributed by atoms with Crippen molar-refractivity contribution in [3.63, 3.8) is 0 Å². The van der Waals surface area contributed by atoms with Crippen molar-refractivity contribution in [2.24, 2.45) is 7.05 Å². The summed E-state index contributed by atoms with van der Waals surface area (Å²) in [7, 11) is 2.23. The molecule has 5 aromatic rings. The van der Waals surface area contributed by atoms with Gasteiger partial charge in [0.05, 0.1) is 15.7 Å². The Morgan fingerprint density at radius 1 is 0.720 bits per heavy atom. The average Bonchev–Trinajstić information content (AvgIpc) is 3.10. The van der Waals surface area contributed by atoms with Crippen molar-refractivity contribution < 1.29 is 0 Å². The van der Waals surface area contributed by atoms with Gasteiger partial charge in [0.2, 0.25) is 0 Å². The SMILES string of the molecule is Cn1c2c(C(C)(C)C)cccc2c2ccc3c4ccccc4sc3c21. The molecule has 0 N–H and O–H groups in total. The van der Waals surface area contributed by atoms with Crippen LogP contribution in [0.15, 0.2) is 54.6 Å². The first-order chi connectivity index (χ1) is 12.0. The number of thiophene rings is 1. The van der Waals surface area contributed by atoms with Gasteiger partial charge < -0.3 is 4.57 Å². The Bertz CT molecular complexity index is 1280. The summed E-state index contributed by atoms with van der Waals surface area (Å²) in [4.78, 5) is 0. The van der Waals surface area contributed by atoms with Crippen LogP contribution in [0.5, 0.6) is 0 Å². The van der Waals surface area contributed by atoms with Gasteiger partial charge in [0.1, 0.15) is 0 Å². The van der Waals surface area contributed by atoms with E-state index >= 15 is 0 Å². The van der Waals surface area contributed by atoms with Gasteiger partial charge in [-0.1, -0.05) is 69.3 Å². The highest BCUT2D eigenvalue weighted by atomic mass is 32.1. The van der Waals surface area contributed by atoms with E-state index in [0.717, 1.165) is 0 Å². The van der Waals surface area contributed by atoms with Crippen molar-refractivity contribution in [2.45, 2.75) is 26.2 Å². The van der Waals surface area contributed by atoms with Crippen LogP contribution in [0.25, 0.3) is 42.0 Å². The molecule has 1 nitrogen and oxygen atoms in total. The second-order valence-electron chi connectivity index (χ2n) is 7.95. The highest BCUT2D eigenvalue weighted by Crippen LogP contribution is 2.43. The van der Waals surface area contributed by atoms with Crippen LogP contribution in [0.3, 0.4) is 0 Å². The summed E-state index contributed by atoms with van der Waals surface area (Å²) >= 11 is 1.91. The molecule has 2 heterocycles. The van der Waals surface area contributed by atoms with Crippen LogP contribution >= 0.6 is 11.3 Å². The van der Waals surface area contributed by atoms with E-state index in [1.54, 1.807) is 0 Å². The number of benzene rings is 3. The molecule has 25 heavy (non-hydrogen) atoms. The van der Waals surface area contributed by atoms with E-state index in [2.05, 4.69) is 87.0 Å². The quantitative estimate of drug-likeness (QED) is 0.285. The minimum atomic E-state index is 0.126. The Labute approximate surface area is 151 Å². The molecule has 0 aliphatic rings. The van der Waals surface area contributed by atoms with E-state index in [4.69, 9.17) is 0 Å². The van der Waals surface area contributed by atoms with Gasteiger partial charge in [-0.3, -0.25) is 0 Å². The Morgan fingerprint density at radius 3 is 2.20 bits per heavy atom. The van der Waals surface area contributed by atoms with Crippen molar-refractivity contribution in [1.29, 1.82) is 0 Å². The molecule has 5 rings (SSSR count). The molecule has 0 aliphatic carbocycles. The molecule has 0 radical (unpaired) electrons. The van der Waals surface area contributed by atoms with Gasteiger partial charge in [-0.15, -0.1) is 11.3 Å². The molecule has 0 atom stereocenters. The van der Waals surface area contributed by atoms with Crippen LogP contribution in [-0.2, 0) is 12.5 Å². The molecule has 0 unspecified atom stereocenters. The number of para-hydroxylation sites is 1. The van der Waals surface area contributed by atoms with E-state index in [1.807, 2.05) is 11.3 Å². The van der Waals surface area contributed by atoms with Crippen LogP contribution in [0.1, 0.15) is 26.3 Å². The minimum Gasteiger partial charge on any atom is -0.342 e. The van der Waals surface area contributed by atoms with Gasteiger partial charge in [0.25, 0.3) is 0 Å². The molecule has 0 amide bonds. The first-order valence-corrected chi connectivity index (χ1v) is 9.60. The molecule has 0 aliphatic heterocycles. The molecule has 0 saturated heterocycles. The molecular formula is C23H21NS. The van der Waals surface area contributed by atoms with Crippen LogP contribution in [0.2, 0.25) is 0 Å². The van der Waals surface area contributed by atoms with Crippen molar-refractivity contribution in [3.8, 4) is 0 Å². The molecule has 0 fully saturated rings. The van der Waals surface area contributed by atoms with Crippen LogP contribution < -0.4 is 0 Å². The van der Waals surface area contributed by atoms with E-state index < -0.39 is 0 Å². The smallest absolute Gasteiger partial charge is 0.0670 e. The Morgan fingerprint density at radius 2 is 1.40 bits per heavy atom. The summed E-state index contributed by atoms with van der Waals surface area (Å²) in [6.45, 7) is 6.90. The number of rotatable bonds is 0. The van der Waals surface area contributed by atoms with Gasteiger partial charge in [-0.2, -0.15) is 0 Å². The molecule has 0 spiro atoms. The lowest BCUT2D eigenvalue weighted by Crippen LogP contribution is -2.12. The number of aryl methyl sites for hydroxylation is 1. The lowest BCUT2D eigenvalue weighted by molar-refractivity contribution is 0.593. The minimum absolute atomic E-state index is 0.126. The number of nitrogens with zero attached hydrogens (tertiary/aromatic N) is 1. The second kappa shape index (κ2) is 4.86. The van der Waals surface area contributed by atoms with Gasteiger partial charge in [-0.05, 0) is 17.0 Å². The average molecular weight is 343 g/mol. The number of hydrogen-bond acceptors (Lipinski definition) is 1. The first kappa shape index (κ1) is 15.0. The maximum absolute atomic E-state index is 2.42. The third-order valence-corrected chi connectivity index (χ3v) is 6.52. The molecule has 2 heteroatoms. The number of aromatic nitrogens is 1. The molecule has 3 aromatic carbocycles. The van der Waals surface area contributed by atoms with Crippen molar-refractivity contribution in [2.75, 3.05) is 0 Å². The summed E-state index contributed by atoms with van der Waals surface area (Å²) in [6.07, 6.45) is 0. The lowest BCUT2D eigenvalue weighted by atomic mass is 9.85. The highest BCUT2D eigenvalue weighted by molar-refractivity contribution is 7.26. The topological polar surface area (TPSA) is 4.93 Å². The summed E-state index contributed by atoms with van der Waals surface area (Å²) < 4.78 is 5.19. The standard InChI is InChI=1S/C23H21NS/c1-23(2,3)18-10-7-9-15-16-12-13-17-14-8-5-6-11-19(14)25-22(17)21(16)24(4)20(15)18/h5-13H,1-4H3. The summed E-state index contributed by atoms with van der Waals surface area (Å²) in [5.41, 5.74) is 4.28. The fourth-order valence-corrected chi connectivity index (χ4v) is 5.45.